The van der Waals surface area contributed by atoms with Crippen LogP contribution in [0.15, 0.2) is 83.3 Å². The molecule has 4 N–H and O–H groups in total. The number of nitrogens with one attached hydrogen (secondary N) is 3. The topological polar surface area (TPSA) is 108 Å². The van der Waals surface area contributed by atoms with E-state index in [0.717, 1.165) is 4.47 Å². The lowest BCUT2D eigenvalue weighted by Gasteiger charge is -2.19. The van der Waals surface area contributed by atoms with Crippen LogP contribution in [0.25, 0.3) is 0 Å². The van der Waals surface area contributed by atoms with Crippen molar-refractivity contribution in [2.24, 2.45) is 0 Å². The van der Waals surface area contributed by atoms with E-state index in [1.807, 2.05) is 6.07 Å². The monoisotopic (exact) mass is 467 g/mol. The Bertz CT molecular complexity index is 1060. The smallest absolute Gasteiger partial charge is 0.274 e. The number of hydrogen-bond donors (Lipinski definition) is 4. The number of rotatable bonds is 6. The van der Waals surface area contributed by atoms with Gasteiger partial charge >= 0.3 is 0 Å². The van der Waals surface area contributed by atoms with E-state index in [-0.39, 0.29) is 5.56 Å². The van der Waals surface area contributed by atoms with Crippen molar-refractivity contribution >= 4 is 39.3 Å². The van der Waals surface area contributed by atoms with E-state index in [1.165, 1.54) is 24.3 Å². The highest BCUT2D eigenvalue weighted by molar-refractivity contribution is 9.10. The summed E-state index contributed by atoms with van der Waals surface area (Å²) >= 11 is 3.33. The number of hydrogen-bond acceptors (Lipinski definition) is 4. The molecule has 0 aliphatic rings. The molecule has 0 spiro atoms. The Balaban J connectivity index is 1.81. The number of hydroxylamine groups is 1. The summed E-state index contributed by atoms with van der Waals surface area (Å²) in [5.41, 5.74) is 3.25. The Morgan fingerprint density at radius 1 is 0.800 bits per heavy atom. The molecular weight excluding hydrogens is 450 g/mol. The zero-order valence-corrected chi connectivity index (χ0v) is 17.2. The first-order valence-corrected chi connectivity index (χ1v) is 9.74. The molecular formula is C22H18BrN3O4. The minimum atomic E-state index is -0.932. The molecule has 0 unspecified atom stereocenters. The molecule has 1 atom stereocenters. The predicted molar refractivity (Wildman–Crippen MR) is 115 cm³/mol. The van der Waals surface area contributed by atoms with Crippen LogP contribution in [0.1, 0.15) is 32.3 Å². The molecule has 3 amide bonds. The van der Waals surface area contributed by atoms with E-state index < -0.39 is 23.8 Å². The second-order valence-electron chi connectivity index (χ2n) is 6.34. The van der Waals surface area contributed by atoms with E-state index in [9.17, 15) is 14.4 Å². The van der Waals surface area contributed by atoms with Gasteiger partial charge in [-0.3, -0.25) is 19.6 Å². The van der Waals surface area contributed by atoms with Crippen LogP contribution in [0.3, 0.4) is 0 Å². The van der Waals surface area contributed by atoms with Crippen molar-refractivity contribution in [2.75, 3.05) is 5.32 Å². The third-order valence-electron chi connectivity index (χ3n) is 4.27. The average molecular weight is 468 g/mol. The van der Waals surface area contributed by atoms with Gasteiger partial charge in [0.25, 0.3) is 17.7 Å². The van der Waals surface area contributed by atoms with E-state index in [2.05, 4.69) is 26.6 Å². The number of benzene rings is 3. The van der Waals surface area contributed by atoms with Gasteiger partial charge in [0.2, 0.25) is 0 Å². The van der Waals surface area contributed by atoms with Crippen molar-refractivity contribution in [3.63, 3.8) is 0 Å². The average Bonchev–Trinajstić information content (AvgIpc) is 2.77. The summed E-state index contributed by atoms with van der Waals surface area (Å²) in [6, 6.07) is 20.8. The quantitative estimate of drug-likeness (QED) is 0.327. The number of amides is 3. The largest absolute Gasteiger partial charge is 0.336 e. The highest BCUT2D eigenvalue weighted by Gasteiger charge is 2.23. The molecule has 0 aliphatic heterocycles. The second-order valence-corrected chi connectivity index (χ2v) is 7.25. The van der Waals surface area contributed by atoms with Crippen LogP contribution in [-0.4, -0.2) is 22.9 Å². The summed E-state index contributed by atoms with van der Waals surface area (Å²) in [5, 5.41) is 14.2. The van der Waals surface area contributed by atoms with Crippen molar-refractivity contribution in [3.8, 4) is 0 Å². The van der Waals surface area contributed by atoms with Crippen LogP contribution in [0, 0.1) is 0 Å². The predicted octanol–water partition coefficient (Wildman–Crippen LogP) is 3.68. The molecule has 0 heterocycles. The fourth-order valence-corrected chi connectivity index (χ4v) is 3.17. The minimum Gasteiger partial charge on any atom is -0.336 e. The van der Waals surface area contributed by atoms with Crippen molar-refractivity contribution in [1.29, 1.82) is 0 Å². The van der Waals surface area contributed by atoms with Crippen molar-refractivity contribution < 1.29 is 19.6 Å². The Morgan fingerprint density at radius 3 is 2.13 bits per heavy atom. The SMILES string of the molecule is O=C(NO)c1ccc(NC(=O)[C@@H](NC(=O)c2cccc(Br)c2)c2ccccc2)cc1. The van der Waals surface area contributed by atoms with Crippen molar-refractivity contribution in [3.05, 3.63) is 100 Å². The lowest BCUT2D eigenvalue weighted by molar-refractivity contribution is -0.118. The maximum Gasteiger partial charge on any atom is 0.274 e. The fraction of sp³-hybridized carbons (Fsp3) is 0.0455. The minimum absolute atomic E-state index is 0.234. The molecule has 7 nitrogen and oxygen atoms in total. The summed E-state index contributed by atoms with van der Waals surface area (Å²) in [6.45, 7) is 0. The Labute approximate surface area is 181 Å². The molecule has 0 aliphatic carbocycles. The molecule has 152 valence electrons. The highest BCUT2D eigenvalue weighted by atomic mass is 79.9. The Hall–Kier alpha value is -3.49. The third kappa shape index (κ3) is 5.31. The fourth-order valence-electron chi connectivity index (χ4n) is 2.77. The van der Waals surface area contributed by atoms with E-state index in [0.29, 0.717) is 16.8 Å². The van der Waals surface area contributed by atoms with Crippen LogP contribution >= 0.6 is 15.9 Å². The number of carbonyl (C=O) groups is 3. The molecule has 0 saturated carbocycles. The van der Waals surface area contributed by atoms with Gasteiger partial charge in [-0.05, 0) is 48.0 Å². The number of anilines is 1. The molecule has 0 bridgehead atoms. The molecule has 0 radical (unpaired) electrons. The van der Waals surface area contributed by atoms with Crippen LogP contribution in [0.4, 0.5) is 5.69 Å². The zero-order valence-electron chi connectivity index (χ0n) is 15.6. The summed E-state index contributed by atoms with van der Waals surface area (Å²) in [5.74, 6) is -1.49. The lowest BCUT2D eigenvalue weighted by atomic mass is 10.0. The molecule has 8 heteroatoms. The van der Waals surface area contributed by atoms with Crippen LogP contribution < -0.4 is 16.1 Å². The zero-order chi connectivity index (χ0) is 21.5. The van der Waals surface area contributed by atoms with Gasteiger partial charge in [-0.2, -0.15) is 0 Å². The first-order chi connectivity index (χ1) is 14.5. The van der Waals surface area contributed by atoms with Crippen molar-refractivity contribution in [1.82, 2.24) is 10.8 Å². The summed E-state index contributed by atoms with van der Waals surface area (Å²) in [7, 11) is 0. The highest BCUT2D eigenvalue weighted by Crippen LogP contribution is 2.19. The molecule has 3 rings (SSSR count). The third-order valence-corrected chi connectivity index (χ3v) is 4.77. The standard InChI is InChI=1S/C22H18BrN3O4/c23-17-8-4-7-16(13-17)20(27)25-19(14-5-2-1-3-6-14)22(29)24-18-11-9-15(10-12-18)21(28)26-30/h1-13,19,30H,(H,24,29)(H,25,27)(H,26,28)/t19-/m0/s1. The first kappa shape index (κ1) is 21.2. The summed E-state index contributed by atoms with van der Waals surface area (Å²) in [6.07, 6.45) is 0. The Kier molecular flexibility index (Phi) is 6.95. The van der Waals surface area contributed by atoms with Gasteiger partial charge in [0.05, 0.1) is 0 Å². The molecule has 0 aromatic heterocycles. The normalized spacial score (nSPS) is 11.3. The maximum atomic E-state index is 13.0. The van der Waals surface area contributed by atoms with Gasteiger partial charge < -0.3 is 10.6 Å². The van der Waals surface area contributed by atoms with E-state index in [1.54, 1.807) is 54.0 Å². The van der Waals surface area contributed by atoms with Gasteiger partial charge in [-0.1, -0.05) is 52.3 Å². The first-order valence-electron chi connectivity index (χ1n) is 8.94. The van der Waals surface area contributed by atoms with Crippen LogP contribution in [0.2, 0.25) is 0 Å². The molecule has 0 fully saturated rings. The van der Waals surface area contributed by atoms with Gasteiger partial charge in [0.15, 0.2) is 0 Å². The molecule has 3 aromatic carbocycles. The van der Waals surface area contributed by atoms with Gasteiger partial charge in [-0.15, -0.1) is 0 Å². The second kappa shape index (κ2) is 9.82. The molecule has 3 aromatic rings. The van der Waals surface area contributed by atoms with Gasteiger partial charge in [-0.25, -0.2) is 5.48 Å². The maximum absolute atomic E-state index is 13.0. The number of halogens is 1. The molecule has 0 saturated heterocycles. The van der Waals surface area contributed by atoms with Crippen LogP contribution in [-0.2, 0) is 4.79 Å². The van der Waals surface area contributed by atoms with Gasteiger partial charge in [0, 0.05) is 21.3 Å². The van der Waals surface area contributed by atoms with E-state index >= 15 is 0 Å². The van der Waals surface area contributed by atoms with Crippen molar-refractivity contribution in [2.45, 2.75) is 6.04 Å². The lowest BCUT2D eigenvalue weighted by Crippen LogP contribution is -2.37. The van der Waals surface area contributed by atoms with E-state index in [4.69, 9.17) is 5.21 Å². The summed E-state index contributed by atoms with van der Waals surface area (Å²) < 4.78 is 0.753. The summed E-state index contributed by atoms with van der Waals surface area (Å²) in [4.78, 5) is 37.1. The Morgan fingerprint density at radius 2 is 1.50 bits per heavy atom. The van der Waals surface area contributed by atoms with Crippen LogP contribution in [0.5, 0.6) is 0 Å². The number of carbonyl (C=O) groups excluding carboxylic acids is 3. The molecule has 30 heavy (non-hydrogen) atoms. The van der Waals surface area contributed by atoms with Gasteiger partial charge in [0.1, 0.15) is 6.04 Å².